The highest BCUT2D eigenvalue weighted by Gasteiger charge is 2.16. The number of rotatable bonds is 1. The maximum atomic E-state index is 13.8. The molecule has 1 heterocycles. The molecule has 0 radical (unpaired) electrons. The molecule has 0 amide bonds. The molecule has 3 aromatic rings. The van der Waals surface area contributed by atoms with Crippen molar-refractivity contribution < 1.29 is 13.3 Å². The molecule has 0 aliphatic carbocycles. The van der Waals surface area contributed by atoms with Crippen molar-refractivity contribution in [2.24, 2.45) is 0 Å². The third-order valence-electron chi connectivity index (χ3n) is 2.67. The molecule has 0 saturated heterocycles. The fourth-order valence-electron chi connectivity index (χ4n) is 1.90. The van der Waals surface area contributed by atoms with Gasteiger partial charge in [0, 0.05) is 15.4 Å². The van der Waals surface area contributed by atoms with Crippen LogP contribution in [0.1, 0.15) is 0 Å². The van der Waals surface area contributed by atoms with Gasteiger partial charge in [-0.15, -0.1) is 0 Å². The summed E-state index contributed by atoms with van der Waals surface area (Å²) in [5.74, 6) is -1.23. The van der Waals surface area contributed by atoms with E-state index in [1.807, 2.05) is 0 Å². The molecule has 0 unspecified atom stereocenters. The number of halogens is 3. The summed E-state index contributed by atoms with van der Waals surface area (Å²) in [5, 5.41) is 4.22. The highest BCUT2D eigenvalue weighted by molar-refractivity contribution is 9.10. The van der Waals surface area contributed by atoms with Crippen LogP contribution in [-0.2, 0) is 0 Å². The van der Waals surface area contributed by atoms with Crippen LogP contribution in [0, 0.1) is 11.6 Å². The third kappa shape index (κ3) is 1.71. The highest BCUT2D eigenvalue weighted by Crippen LogP contribution is 2.34. The Hall–Kier alpha value is -1.75. The van der Waals surface area contributed by atoms with Gasteiger partial charge in [0.1, 0.15) is 11.6 Å². The number of hydrogen-bond acceptors (Lipinski definition) is 2. The number of hydrogen-bond donors (Lipinski definition) is 0. The van der Waals surface area contributed by atoms with Crippen molar-refractivity contribution in [1.29, 1.82) is 0 Å². The minimum Gasteiger partial charge on any atom is -0.356 e. The number of nitrogens with zero attached hydrogens (tertiary/aromatic N) is 1. The summed E-state index contributed by atoms with van der Waals surface area (Å²) in [6, 6.07) is 7.11. The molecule has 2 nitrogen and oxygen atoms in total. The fourth-order valence-corrected chi connectivity index (χ4v) is 2.34. The molecule has 2 aromatic carbocycles. The van der Waals surface area contributed by atoms with Crippen LogP contribution in [0.5, 0.6) is 0 Å². The number of aromatic nitrogens is 1. The lowest BCUT2D eigenvalue weighted by Crippen LogP contribution is -1.90. The largest absolute Gasteiger partial charge is 0.356 e. The topological polar surface area (TPSA) is 26.0 Å². The normalized spacial score (nSPS) is 11.1. The molecule has 3 rings (SSSR count). The van der Waals surface area contributed by atoms with Gasteiger partial charge >= 0.3 is 0 Å². The van der Waals surface area contributed by atoms with Gasteiger partial charge in [0.25, 0.3) is 0 Å². The second-order valence-corrected chi connectivity index (χ2v) is 4.70. The van der Waals surface area contributed by atoms with Crippen molar-refractivity contribution >= 4 is 26.9 Å². The highest BCUT2D eigenvalue weighted by atomic mass is 79.9. The van der Waals surface area contributed by atoms with E-state index in [0.717, 1.165) is 0 Å². The monoisotopic (exact) mass is 309 g/mol. The van der Waals surface area contributed by atoms with E-state index in [1.54, 1.807) is 12.1 Å². The van der Waals surface area contributed by atoms with E-state index in [-0.39, 0.29) is 5.56 Å². The molecule has 18 heavy (non-hydrogen) atoms. The smallest absolute Gasteiger partial charge is 0.168 e. The molecule has 0 N–H and O–H groups in total. The minimum atomic E-state index is -0.615. The summed E-state index contributed by atoms with van der Waals surface area (Å²) in [7, 11) is 0. The van der Waals surface area contributed by atoms with Gasteiger partial charge in [0.15, 0.2) is 5.58 Å². The second kappa shape index (κ2) is 4.17. The molecule has 0 bridgehead atoms. The Balaban J connectivity index is 2.41. The van der Waals surface area contributed by atoms with Crippen molar-refractivity contribution in [3.8, 4) is 11.1 Å². The van der Waals surface area contributed by atoms with Gasteiger partial charge in [-0.1, -0.05) is 27.2 Å². The van der Waals surface area contributed by atoms with Crippen LogP contribution in [0.3, 0.4) is 0 Å². The first kappa shape index (κ1) is 11.3. The Morgan fingerprint density at radius 1 is 1.11 bits per heavy atom. The Bertz CT molecular complexity index is 719. The summed E-state index contributed by atoms with van der Waals surface area (Å²) < 4.78 is 33.3. The lowest BCUT2D eigenvalue weighted by molar-refractivity contribution is 0.456. The van der Waals surface area contributed by atoms with Crippen molar-refractivity contribution in [1.82, 2.24) is 5.16 Å². The Kier molecular flexibility index (Phi) is 2.63. The van der Waals surface area contributed by atoms with E-state index >= 15 is 0 Å². The first-order valence-electron chi connectivity index (χ1n) is 5.15. The van der Waals surface area contributed by atoms with E-state index in [0.29, 0.717) is 21.0 Å². The van der Waals surface area contributed by atoms with Crippen LogP contribution in [0.15, 0.2) is 45.5 Å². The number of fused-ring (bicyclic) bond motifs is 1. The van der Waals surface area contributed by atoms with E-state index in [1.165, 1.54) is 24.4 Å². The van der Waals surface area contributed by atoms with E-state index in [2.05, 4.69) is 21.1 Å². The summed E-state index contributed by atoms with van der Waals surface area (Å²) in [6.07, 6.45) is 1.45. The van der Waals surface area contributed by atoms with Gasteiger partial charge in [-0.2, -0.15) is 0 Å². The third-order valence-corrected chi connectivity index (χ3v) is 3.13. The predicted molar refractivity (Wildman–Crippen MR) is 67.1 cm³/mol. The zero-order chi connectivity index (χ0) is 12.7. The first-order chi connectivity index (χ1) is 8.66. The molecule has 5 heteroatoms. The van der Waals surface area contributed by atoms with E-state index in [4.69, 9.17) is 4.52 Å². The van der Waals surface area contributed by atoms with Crippen LogP contribution >= 0.6 is 15.9 Å². The van der Waals surface area contributed by atoms with Gasteiger partial charge in [-0.05, 0) is 24.3 Å². The zero-order valence-corrected chi connectivity index (χ0v) is 10.5. The summed E-state index contributed by atoms with van der Waals surface area (Å²) in [4.78, 5) is 0. The lowest BCUT2D eigenvalue weighted by atomic mass is 10.0. The molecule has 1 aromatic heterocycles. The van der Waals surface area contributed by atoms with E-state index in [9.17, 15) is 8.78 Å². The Labute approximate surface area is 109 Å². The quantitative estimate of drug-likeness (QED) is 0.660. The Morgan fingerprint density at radius 3 is 2.56 bits per heavy atom. The van der Waals surface area contributed by atoms with Gasteiger partial charge < -0.3 is 4.52 Å². The molecule has 90 valence electrons. The fraction of sp³-hybridized carbons (Fsp3) is 0. The molecule has 0 fully saturated rings. The minimum absolute atomic E-state index is 0.0769. The van der Waals surface area contributed by atoms with E-state index < -0.39 is 11.6 Å². The summed E-state index contributed by atoms with van der Waals surface area (Å²) in [6.45, 7) is 0. The SMILES string of the molecule is Fc1cccc(F)c1-c1cc(Br)cc2oncc12. The molecule has 0 aliphatic heterocycles. The lowest BCUT2D eigenvalue weighted by Gasteiger charge is -2.06. The molecule has 0 atom stereocenters. The molecule has 0 saturated carbocycles. The van der Waals surface area contributed by atoms with Gasteiger partial charge in [-0.25, -0.2) is 8.78 Å². The maximum absolute atomic E-state index is 13.8. The van der Waals surface area contributed by atoms with Gasteiger partial charge in [0.05, 0.1) is 11.8 Å². The van der Waals surface area contributed by atoms with Crippen LogP contribution in [0.2, 0.25) is 0 Å². The second-order valence-electron chi connectivity index (χ2n) is 3.79. The Morgan fingerprint density at radius 2 is 1.83 bits per heavy atom. The van der Waals surface area contributed by atoms with Gasteiger partial charge in [0.2, 0.25) is 0 Å². The molecule has 0 aliphatic rings. The van der Waals surface area contributed by atoms with Crippen molar-refractivity contribution in [3.63, 3.8) is 0 Å². The van der Waals surface area contributed by atoms with Crippen LogP contribution in [-0.4, -0.2) is 5.16 Å². The van der Waals surface area contributed by atoms with Crippen LogP contribution in [0.25, 0.3) is 22.1 Å². The zero-order valence-electron chi connectivity index (χ0n) is 8.95. The average Bonchev–Trinajstić information content (AvgIpc) is 2.76. The average molecular weight is 310 g/mol. The molecular formula is C13H6BrF2NO. The summed E-state index contributed by atoms with van der Waals surface area (Å²) in [5.41, 5.74) is 0.810. The van der Waals surface area contributed by atoms with Crippen LogP contribution in [0.4, 0.5) is 8.78 Å². The number of benzene rings is 2. The van der Waals surface area contributed by atoms with Gasteiger partial charge in [-0.3, -0.25) is 0 Å². The van der Waals surface area contributed by atoms with Crippen molar-refractivity contribution in [2.75, 3.05) is 0 Å². The molecule has 0 spiro atoms. The maximum Gasteiger partial charge on any atom is 0.168 e. The van der Waals surface area contributed by atoms with Crippen LogP contribution < -0.4 is 0 Å². The standard InChI is InChI=1S/C13H6BrF2NO/c14-7-4-8(9-6-17-18-12(9)5-7)13-10(15)2-1-3-11(13)16/h1-6H. The summed E-state index contributed by atoms with van der Waals surface area (Å²) >= 11 is 3.28. The van der Waals surface area contributed by atoms with Crippen molar-refractivity contribution in [3.05, 3.63) is 52.6 Å². The van der Waals surface area contributed by atoms with Crippen molar-refractivity contribution in [2.45, 2.75) is 0 Å². The molecular weight excluding hydrogens is 304 g/mol. The first-order valence-corrected chi connectivity index (χ1v) is 5.94. The predicted octanol–water partition coefficient (Wildman–Crippen LogP) is 4.54.